The van der Waals surface area contributed by atoms with E-state index in [4.69, 9.17) is 11.6 Å². The van der Waals surface area contributed by atoms with Crippen LogP contribution >= 0.6 is 11.6 Å². The van der Waals surface area contributed by atoms with Crippen molar-refractivity contribution in [3.63, 3.8) is 0 Å². The largest absolute Gasteiger partial charge is 0.352 e. The zero-order valence-electron chi connectivity index (χ0n) is 13.6. The van der Waals surface area contributed by atoms with Crippen molar-refractivity contribution in [1.82, 2.24) is 5.32 Å². The van der Waals surface area contributed by atoms with Crippen LogP contribution in [-0.4, -0.2) is 23.3 Å². The number of nitrogens with one attached hydrogen (secondary N) is 2. The Kier molecular flexibility index (Phi) is 5.71. The molecule has 0 radical (unpaired) electrons. The number of aryl methyl sites for hydroxylation is 1. The Hall–Kier alpha value is -2.93. The Morgan fingerprint density at radius 2 is 1.88 bits per heavy atom. The molecular weight excluding hydrogens is 346 g/mol. The molecule has 130 valence electrons. The molecular formula is C17H16ClN3O4. The Bertz CT molecular complexity index is 852. The van der Waals surface area contributed by atoms with Gasteiger partial charge in [-0.3, -0.25) is 19.7 Å². The van der Waals surface area contributed by atoms with E-state index < -0.39 is 10.8 Å². The number of carbonyl (C=O) groups excluding carboxylic acids is 2. The molecule has 0 unspecified atom stereocenters. The summed E-state index contributed by atoms with van der Waals surface area (Å²) in [6.45, 7) is 3.76. The van der Waals surface area contributed by atoms with E-state index in [1.54, 1.807) is 19.9 Å². The summed E-state index contributed by atoms with van der Waals surface area (Å²) in [6.07, 6.45) is 0. The fourth-order valence-electron chi connectivity index (χ4n) is 2.27. The molecule has 2 aromatic carbocycles. The molecule has 2 aromatic rings. The third kappa shape index (κ3) is 4.33. The minimum Gasteiger partial charge on any atom is -0.352 e. The minimum absolute atomic E-state index is 0.0638. The summed E-state index contributed by atoms with van der Waals surface area (Å²) in [5, 5.41) is 16.5. The van der Waals surface area contributed by atoms with E-state index in [1.807, 2.05) is 0 Å². The van der Waals surface area contributed by atoms with E-state index >= 15 is 0 Å². The maximum Gasteiger partial charge on any atom is 0.272 e. The molecule has 0 aliphatic carbocycles. The lowest BCUT2D eigenvalue weighted by Crippen LogP contribution is -2.25. The van der Waals surface area contributed by atoms with Crippen LogP contribution in [0.2, 0.25) is 5.02 Å². The zero-order chi connectivity index (χ0) is 18.6. The summed E-state index contributed by atoms with van der Waals surface area (Å²) >= 11 is 5.93. The van der Waals surface area contributed by atoms with E-state index in [2.05, 4.69) is 10.6 Å². The molecule has 0 bridgehead atoms. The molecule has 8 heteroatoms. The topological polar surface area (TPSA) is 101 Å². The summed E-state index contributed by atoms with van der Waals surface area (Å²) in [5.74, 6) is -0.842. The summed E-state index contributed by atoms with van der Waals surface area (Å²) in [5.41, 5.74) is 1.10. The highest BCUT2D eigenvalue weighted by Gasteiger charge is 2.17. The van der Waals surface area contributed by atoms with Gasteiger partial charge in [-0.25, -0.2) is 0 Å². The molecule has 0 aromatic heterocycles. The van der Waals surface area contributed by atoms with Gasteiger partial charge < -0.3 is 10.6 Å². The van der Waals surface area contributed by atoms with Crippen molar-refractivity contribution in [1.29, 1.82) is 0 Å². The Balaban J connectivity index is 2.30. The van der Waals surface area contributed by atoms with Gasteiger partial charge in [0.2, 0.25) is 0 Å². The number of rotatable bonds is 5. The van der Waals surface area contributed by atoms with Crippen LogP contribution in [0, 0.1) is 17.0 Å². The van der Waals surface area contributed by atoms with Gasteiger partial charge in [-0.1, -0.05) is 11.6 Å². The number of carbonyl (C=O) groups is 2. The number of benzene rings is 2. The molecule has 2 amide bonds. The minimum atomic E-state index is -0.511. The smallest absolute Gasteiger partial charge is 0.272 e. The van der Waals surface area contributed by atoms with Gasteiger partial charge in [0.25, 0.3) is 17.5 Å². The first-order valence-corrected chi connectivity index (χ1v) is 7.85. The quantitative estimate of drug-likeness (QED) is 0.628. The highest BCUT2D eigenvalue weighted by atomic mass is 35.5. The number of amides is 2. The lowest BCUT2D eigenvalue weighted by atomic mass is 10.1. The van der Waals surface area contributed by atoms with E-state index in [-0.39, 0.29) is 22.7 Å². The van der Waals surface area contributed by atoms with Crippen molar-refractivity contribution >= 4 is 34.8 Å². The first-order valence-electron chi connectivity index (χ1n) is 7.47. The first-order chi connectivity index (χ1) is 11.8. The highest BCUT2D eigenvalue weighted by Crippen LogP contribution is 2.23. The molecule has 0 spiro atoms. The summed E-state index contributed by atoms with van der Waals surface area (Å²) in [7, 11) is 0. The predicted octanol–water partition coefficient (Wildman–Crippen LogP) is 3.56. The van der Waals surface area contributed by atoms with Crippen LogP contribution in [0.15, 0.2) is 36.4 Å². The predicted molar refractivity (Wildman–Crippen MR) is 95.2 cm³/mol. The third-order valence-electron chi connectivity index (χ3n) is 3.47. The van der Waals surface area contributed by atoms with Crippen LogP contribution in [0.5, 0.6) is 0 Å². The lowest BCUT2D eigenvalue weighted by Gasteiger charge is -2.12. The number of nitro benzene ring substituents is 1. The number of nitrogens with zero attached hydrogens (tertiary/aromatic N) is 1. The standard InChI is InChI=1S/C17H16ClN3O4/c1-3-19-17(23)13-9-12(18)5-6-14(13)20-16(22)11-4-7-15(21(24)25)10(2)8-11/h4-9H,3H2,1-2H3,(H,19,23)(H,20,22). The number of halogens is 1. The van der Waals surface area contributed by atoms with Crippen molar-refractivity contribution in [2.75, 3.05) is 11.9 Å². The number of anilines is 1. The molecule has 2 rings (SSSR count). The fourth-order valence-corrected chi connectivity index (χ4v) is 2.44. The van der Waals surface area contributed by atoms with E-state index in [0.717, 1.165) is 0 Å². The maximum absolute atomic E-state index is 12.4. The molecule has 0 saturated carbocycles. The third-order valence-corrected chi connectivity index (χ3v) is 3.70. The van der Waals surface area contributed by atoms with Gasteiger partial charge >= 0.3 is 0 Å². The van der Waals surface area contributed by atoms with Crippen LogP contribution in [-0.2, 0) is 0 Å². The Labute approximate surface area is 149 Å². The molecule has 0 heterocycles. The van der Waals surface area contributed by atoms with Gasteiger partial charge in [0.15, 0.2) is 0 Å². The normalized spacial score (nSPS) is 10.2. The SMILES string of the molecule is CCNC(=O)c1cc(Cl)ccc1NC(=O)c1ccc([N+](=O)[O-])c(C)c1. The summed E-state index contributed by atoms with van der Waals surface area (Å²) in [6, 6.07) is 8.61. The van der Waals surface area contributed by atoms with Crippen LogP contribution in [0.25, 0.3) is 0 Å². The number of nitro groups is 1. The molecule has 0 aliphatic rings. The lowest BCUT2D eigenvalue weighted by molar-refractivity contribution is -0.385. The molecule has 2 N–H and O–H groups in total. The van der Waals surface area contributed by atoms with Crippen molar-refractivity contribution < 1.29 is 14.5 Å². The highest BCUT2D eigenvalue weighted by molar-refractivity contribution is 6.31. The van der Waals surface area contributed by atoms with Crippen LogP contribution in [0.3, 0.4) is 0 Å². The van der Waals surface area contributed by atoms with Crippen molar-refractivity contribution in [3.05, 3.63) is 68.2 Å². The Morgan fingerprint density at radius 3 is 2.48 bits per heavy atom. The maximum atomic E-state index is 12.4. The Morgan fingerprint density at radius 1 is 1.16 bits per heavy atom. The van der Waals surface area contributed by atoms with Gasteiger partial charge in [-0.2, -0.15) is 0 Å². The van der Waals surface area contributed by atoms with Crippen molar-refractivity contribution in [2.45, 2.75) is 13.8 Å². The second-order valence-corrected chi connectivity index (χ2v) is 5.70. The van der Waals surface area contributed by atoms with Crippen molar-refractivity contribution in [2.24, 2.45) is 0 Å². The monoisotopic (exact) mass is 361 g/mol. The fraction of sp³-hybridized carbons (Fsp3) is 0.176. The second kappa shape index (κ2) is 7.76. The zero-order valence-corrected chi connectivity index (χ0v) is 14.4. The summed E-state index contributed by atoms with van der Waals surface area (Å²) in [4.78, 5) is 34.9. The molecule has 25 heavy (non-hydrogen) atoms. The summed E-state index contributed by atoms with van der Waals surface area (Å²) < 4.78 is 0. The van der Waals surface area contributed by atoms with Crippen LogP contribution < -0.4 is 10.6 Å². The van der Waals surface area contributed by atoms with E-state index in [9.17, 15) is 19.7 Å². The molecule has 0 saturated heterocycles. The van der Waals surface area contributed by atoms with Gasteiger partial charge in [0, 0.05) is 28.8 Å². The van der Waals surface area contributed by atoms with E-state index in [1.165, 1.54) is 30.3 Å². The second-order valence-electron chi connectivity index (χ2n) is 5.26. The molecule has 7 nitrogen and oxygen atoms in total. The number of hydrogen-bond donors (Lipinski definition) is 2. The van der Waals surface area contributed by atoms with Gasteiger partial charge in [-0.05, 0) is 44.2 Å². The van der Waals surface area contributed by atoms with E-state index in [0.29, 0.717) is 22.8 Å². The molecule has 0 fully saturated rings. The number of hydrogen-bond acceptors (Lipinski definition) is 4. The average Bonchev–Trinajstić information content (AvgIpc) is 2.56. The van der Waals surface area contributed by atoms with Gasteiger partial charge in [0.1, 0.15) is 0 Å². The first kappa shape index (κ1) is 18.4. The van der Waals surface area contributed by atoms with Crippen LogP contribution in [0.1, 0.15) is 33.2 Å². The molecule has 0 aliphatic heterocycles. The van der Waals surface area contributed by atoms with Gasteiger partial charge in [0.05, 0.1) is 16.2 Å². The van der Waals surface area contributed by atoms with Crippen molar-refractivity contribution in [3.8, 4) is 0 Å². The molecule has 0 atom stereocenters. The van der Waals surface area contributed by atoms with Gasteiger partial charge in [-0.15, -0.1) is 0 Å². The van der Waals surface area contributed by atoms with Crippen LogP contribution in [0.4, 0.5) is 11.4 Å². The average molecular weight is 362 g/mol.